The first kappa shape index (κ1) is 15.1. The van der Waals surface area contributed by atoms with E-state index in [1.807, 2.05) is 19.1 Å². The van der Waals surface area contributed by atoms with Crippen LogP contribution >= 0.6 is 0 Å². The Balaban J connectivity index is 1.73. The van der Waals surface area contributed by atoms with Crippen LogP contribution in [0.2, 0.25) is 0 Å². The van der Waals surface area contributed by atoms with E-state index in [1.54, 1.807) is 0 Å². The summed E-state index contributed by atoms with van der Waals surface area (Å²) in [7, 11) is 0. The Morgan fingerprint density at radius 1 is 1.40 bits per heavy atom. The Morgan fingerprint density at radius 2 is 2.20 bits per heavy atom. The molecule has 0 bridgehead atoms. The molecule has 0 aromatic heterocycles. The number of alkyl halides is 3. The summed E-state index contributed by atoms with van der Waals surface area (Å²) < 4.78 is 45.6. The fraction of sp³-hybridized carbons (Fsp3) is 0.571. The summed E-state index contributed by atoms with van der Waals surface area (Å²) in [4.78, 5) is 0. The van der Waals surface area contributed by atoms with E-state index in [0.29, 0.717) is 13.2 Å². The van der Waals surface area contributed by atoms with Crippen molar-refractivity contribution in [2.75, 3.05) is 26.4 Å². The second kappa shape index (κ2) is 6.45. The largest absolute Gasteiger partial charge is 0.493 e. The molecule has 0 spiro atoms. The molecule has 1 heterocycles. The third-order valence-electron chi connectivity index (χ3n) is 3.18. The van der Waals surface area contributed by atoms with Crippen LogP contribution in [-0.4, -0.2) is 32.5 Å². The van der Waals surface area contributed by atoms with E-state index in [1.165, 1.54) is 5.56 Å². The Kier molecular flexibility index (Phi) is 4.88. The molecule has 6 heteroatoms. The summed E-state index contributed by atoms with van der Waals surface area (Å²) in [5, 5.41) is 3.14. The minimum Gasteiger partial charge on any atom is -0.493 e. The Bertz CT molecular complexity index is 449. The molecule has 1 aliphatic heterocycles. The van der Waals surface area contributed by atoms with Gasteiger partial charge in [-0.25, -0.2) is 0 Å². The number of hydrogen-bond donors (Lipinski definition) is 1. The molecule has 0 aliphatic carbocycles. The fourth-order valence-corrected chi connectivity index (χ4v) is 2.13. The zero-order valence-electron chi connectivity index (χ0n) is 11.3. The average molecular weight is 289 g/mol. The monoisotopic (exact) mass is 289 g/mol. The van der Waals surface area contributed by atoms with Crippen LogP contribution in [-0.2, 0) is 11.2 Å². The molecule has 0 saturated carbocycles. The summed E-state index contributed by atoms with van der Waals surface area (Å²) in [6.07, 6.45) is -3.35. The van der Waals surface area contributed by atoms with Gasteiger partial charge in [0.2, 0.25) is 0 Å². The molecule has 1 unspecified atom stereocenters. The summed E-state index contributed by atoms with van der Waals surface area (Å²) in [5.41, 5.74) is 2.29. The van der Waals surface area contributed by atoms with Crippen LogP contribution in [0.15, 0.2) is 18.2 Å². The van der Waals surface area contributed by atoms with Crippen molar-refractivity contribution in [3.05, 3.63) is 29.3 Å². The summed E-state index contributed by atoms with van der Waals surface area (Å²) in [5.74, 6) is 0.925. The van der Waals surface area contributed by atoms with Crippen molar-refractivity contribution in [2.45, 2.75) is 25.6 Å². The summed E-state index contributed by atoms with van der Waals surface area (Å²) in [6, 6.07) is 6.06. The van der Waals surface area contributed by atoms with Gasteiger partial charge in [0, 0.05) is 19.0 Å². The van der Waals surface area contributed by atoms with E-state index >= 15 is 0 Å². The van der Waals surface area contributed by atoms with Crippen molar-refractivity contribution < 1.29 is 22.6 Å². The molecule has 0 amide bonds. The number of benzene rings is 1. The van der Waals surface area contributed by atoms with Crippen LogP contribution in [0.4, 0.5) is 13.2 Å². The lowest BCUT2D eigenvalue weighted by atomic mass is 10.0. The van der Waals surface area contributed by atoms with Gasteiger partial charge in [-0.1, -0.05) is 12.1 Å². The van der Waals surface area contributed by atoms with Crippen LogP contribution < -0.4 is 10.1 Å². The molecule has 1 N–H and O–H groups in total. The zero-order valence-corrected chi connectivity index (χ0v) is 11.3. The van der Waals surface area contributed by atoms with Crippen molar-refractivity contribution in [1.82, 2.24) is 5.32 Å². The molecular weight excluding hydrogens is 271 g/mol. The standard InChI is InChI=1S/C14H18F3NO2/c1-10(18-5-7-19-9-14(15,16)17)11-2-3-13-12(8-11)4-6-20-13/h2-3,8,10,18H,4-7,9H2,1H3. The number of hydrogen-bond acceptors (Lipinski definition) is 3. The van der Waals surface area contributed by atoms with Crippen LogP contribution in [0.5, 0.6) is 5.75 Å². The molecule has 112 valence electrons. The van der Waals surface area contributed by atoms with Crippen molar-refractivity contribution in [3.63, 3.8) is 0 Å². The average Bonchev–Trinajstić information content (AvgIpc) is 2.83. The van der Waals surface area contributed by atoms with E-state index < -0.39 is 12.8 Å². The van der Waals surface area contributed by atoms with E-state index in [-0.39, 0.29) is 12.6 Å². The van der Waals surface area contributed by atoms with E-state index in [0.717, 1.165) is 17.7 Å². The lowest BCUT2D eigenvalue weighted by Crippen LogP contribution is -2.26. The summed E-state index contributed by atoms with van der Waals surface area (Å²) >= 11 is 0. The molecule has 20 heavy (non-hydrogen) atoms. The van der Waals surface area contributed by atoms with Gasteiger partial charge in [-0.2, -0.15) is 13.2 Å². The SMILES string of the molecule is CC(NCCOCC(F)(F)F)c1ccc2c(c1)CCO2. The number of halogens is 3. The van der Waals surface area contributed by atoms with Crippen molar-refractivity contribution in [2.24, 2.45) is 0 Å². The van der Waals surface area contributed by atoms with Crippen molar-refractivity contribution in [1.29, 1.82) is 0 Å². The zero-order chi connectivity index (χ0) is 14.6. The van der Waals surface area contributed by atoms with E-state index in [9.17, 15) is 13.2 Å². The molecule has 1 aliphatic rings. The van der Waals surface area contributed by atoms with E-state index in [4.69, 9.17) is 4.74 Å². The smallest absolute Gasteiger partial charge is 0.411 e. The fourth-order valence-electron chi connectivity index (χ4n) is 2.13. The predicted octanol–water partition coefficient (Wildman–Crippen LogP) is 2.85. The quantitative estimate of drug-likeness (QED) is 0.817. The van der Waals surface area contributed by atoms with Gasteiger partial charge in [0.15, 0.2) is 0 Å². The van der Waals surface area contributed by atoms with Gasteiger partial charge in [0.1, 0.15) is 12.4 Å². The van der Waals surface area contributed by atoms with Gasteiger partial charge in [-0.05, 0) is 24.1 Å². The maximum absolute atomic E-state index is 11.9. The molecule has 1 atom stereocenters. The first-order valence-electron chi connectivity index (χ1n) is 6.59. The van der Waals surface area contributed by atoms with Crippen molar-refractivity contribution in [3.8, 4) is 5.75 Å². The van der Waals surface area contributed by atoms with Crippen LogP contribution in [0.1, 0.15) is 24.1 Å². The highest BCUT2D eigenvalue weighted by atomic mass is 19.4. The Hall–Kier alpha value is -1.27. The van der Waals surface area contributed by atoms with Gasteiger partial charge in [-0.15, -0.1) is 0 Å². The molecule has 0 saturated heterocycles. The molecule has 0 fully saturated rings. The molecule has 1 aromatic carbocycles. The first-order valence-corrected chi connectivity index (χ1v) is 6.59. The third-order valence-corrected chi connectivity index (χ3v) is 3.18. The maximum Gasteiger partial charge on any atom is 0.411 e. The lowest BCUT2D eigenvalue weighted by molar-refractivity contribution is -0.173. The molecule has 3 nitrogen and oxygen atoms in total. The minimum atomic E-state index is -4.26. The van der Waals surface area contributed by atoms with Crippen LogP contribution in [0.3, 0.4) is 0 Å². The normalized spacial score (nSPS) is 15.8. The molecule has 0 radical (unpaired) electrons. The van der Waals surface area contributed by atoms with Crippen LogP contribution in [0.25, 0.3) is 0 Å². The number of ether oxygens (including phenoxy) is 2. The molecular formula is C14H18F3NO2. The van der Waals surface area contributed by atoms with Gasteiger partial charge in [0.25, 0.3) is 0 Å². The maximum atomic E-state index is 11.9. The minimum absolute atomic E-state index is 0.0396. The van der Waals surface area contributed by atoms with Gasteiger partial charge in [0.05, 0.1) is 13.2 Å². The highest BCUT2D eigenvalue weighted by Crippen LogP contribution is 2.27. The number of nitrogens with one attached hydrogen (secondary N) is 1. The van der Waals surface area contributed by atoms with Gasteiger partial charge >= 0.3 is 6.18 Å². The molecule has 2 rings (SSSR count). The molecule has 1 aromatic rings. The third kappa shape index (κ3) is 4.38. The van der Waals surface area contributed by atoms with E-state index in [2.05, 4.69) is 16.1 Å². The first-order chi connectivity index (χ1) is 9.46. The highest BCUT2D eigenvalue weighted by molar-refractivity contribution is 5.40. The van der Waals surface area contributed by atoms with Gasteiger partial charge in [-0.3, -0.25) is 0 Å². The predicted molar refractivity (Wildman–Crippen MR) is 68.9 cm³/mol. The Labute approximate surface area is 116 Å². The highest BCUT2D eigenvalue weighted by Gasteiger charge is 2.27. The van der Waals surface area contributed by atoms with Crippen molar-refractivity contribution >= 4 is 0 Å². The second-order valence-electron chi connectivity index (χ2n) is 4.81. The second-order valence-corrected chi connectivity index (χ2v) is 4.81. The Morgan fingerprint density at radius 3 is 2.95 bits per heavy atom. The van der Waals surface area contributed by atoms with Crippen LogP contribution in [0, 0.1) is 0 Å². The lowest BCUT2D eigenvalue weighted by Gasteiger charge is -2.15. The number of rotatable bonds is 6. The topological polar surface area (TPSA) is 30.5 Å². The number of fused-ring (bicyclic) bond motifs is 1. The van der Waals surface area contributed by atoms with Gasteiger partial charge < -0.3 is 14.8 Å². The summed E-state index contributed by atoms with van der Waals surface area (Å²) in [6.45, 7) is 1.91.